The third-order valence-electron chi connectivity index (χ3n) is 5.51. The number of rotatable bonds is 6. The highest BCUT2D eigenvalue weighted by Crippen LogP contribution is 2.33. The zero-order valence-corrected chi connectivity index (χ0v) is 20.2. The van der Waals surface area contributed by atoms with Gasteiger partial charge in [0.2, 0.25) is 11.9 Å². The van der Waals surface area contributed by atoms with Crippen LogP contribution in [0.1, 0.15) is 11.3 Å². The minimum atomic E-state index is -3.84. The Bertz CT molecular complexity index is 1480. The van der Waals surface area contributed by atoms with Gasteiger partial charge in [0, 0.05) is 30.7 Å². The molecule has 1 saturated heterocycles. The quantitative estimate of drug-likeness (QED) is 0.421. The van der Waals surface area contributed by atoms with Crippen molar-refractivity contribution >= 4 is 54.3 Å². The standard InChI is InChI=1S/C23H22N6O3S2/c1-14-3-8-19-20(11-14)33-23(27-19)29-12-16(13-29)21(30)26-17-4-6-18(7-5-17)34(31,32)28-22-24-10-9-15(2)25-22/h3-11,16H,12-13H2,1-2H3,(H,26,30)(H,24,25,28). The maximum absolute atomic E-state index is 12.6. The molecule has 11 heteroatoms. The van der Waals surface area contributed by atoms with Gasteiger partial charge in [-0.3, -0.25) is 4.79 Å². The summed E-state index contributed by atoms with van der Waals surface area (Å²) in [6.45, 7) is 4.99. The molecule has 174 valence electrons. The number of nitrogens with zero attached hydrogens (tertiary/aromatic N) is 4. The van der Waals surface area contributed by atoms with Gasteiger partial charge in [-0.1, -0.05) is 17.4 Å². The van der Waals surface area contributed by atoms with Gasteiger partial charge in [0.1, 0.15) is 0 Å². The van der Waals surface area contributed by atoms with E-state index in [4.69, 9.17) is 0 Å². The maximum Gasteiger partial charge on any atom is 0.264 e. The van der Waals surface area contributed by atoms with E-state index in [1.165, 1.54) is 23.9 Å². The lowest BCUT2D eigenvalue weighted by Gasteiger charge is -2.37. The highest BCUT2D eigenvalue weighted by Gasteiger charge is 2.34. The molecule has 1 fully saturated rings. The van der Waals surface area contributed by atoms with E-state index >= 15 is 0 Å². The summed E-state index contributed by atoms with van der Waals surface area (Å²) in [7, 11) is -3.84. The lowest BCUT2D eigenvalue weighted by Crippen LogP contribution is -2.52. The van der Waals surface area contributed by atoms with E-state index in [0.29, 0.717) is 24.5 Å². The summed E-state index contributed by atoms with van der Waals surface area (Å²) in [4.78, 5) is 27.4. The number of fused-ring (bicyclic) bond motifs is 1. The van der Waals surface area contributed by atoms with Crippen molar-refractivity contribution in [2.75, 3.05) is 28.0 Å². The molecule has 0 saturated carbocycles. The van der Waals surface area contributed by atoms with Gasteiger partial charge in [-0.05, 0) is 61.9 Å². The Morgan fingerprint density at radius 3 is 2.56 bits per heavy atom. The van der Waals surface area contributed by atoms with Crippen LogP contribution in [0.2, 0.25) is 0 Å². The van der Waals surface area contributed by atoms with E-state index in [1.54, 1.807) is 36.5 Å². The summed E-state index contributed by atoms with van der Waals surface area (Å²) in [5.74, 6) is -0.248. The molecule has 2 aromatic carbocycles. The molecule has 1 aliphatic heterocycles. The third-order valence-corrected chi connectivity index (χ3v) is 7.93. The molecule has 1 aliphatic rings. The minimum Gasteiger partial charge on any atom is -0.346 e. The van der Waals surface area contributed by atoms with E-state index in [-0.39, 0.29) is 22.7 Å². The maximum atomic E-state index is 12.6. The average molecular weight is 495 g/mol. The van der Waals surface area contributed by atoms with Gasteiger partial charge in [-0.2, -0.15) is 0 Å². The number of sulfonamides is 1. The summed E-state index contributed by atoms with van der Waals surface area (Å²) >= 11 is 1.63. The van der Waals surface area contributed by atoms with Crippen molar-refractivity contribution in [3.05, 3.63) is 66.0 Å². The van der Waals surface area contributed by atoms with Crippen molar-refractivity contribution in [3.63, 3.8) is 0 Å². The molecule has 2 N–H and O–H groups in total. The number of carbonyl (C=O) groups is 1. The van der Waals surface area contributed by atoms with E-state index in [2.05, 4.69) is 42.9 Å². The van der Waals surface area contributed by atoms with Crippen LogP contribution in [0.5, 0.6) is 0 Å². The van der Waals surface area contributed by atoms with Gasteiger partial charge in [-0.15, -0.1) is 0 Å². The van der Waals surface area contributed by atoms with Crippen molar-refractivity contribution in [1.82, 2.24) is 15.0 Å². The summed E-state index contributed by atoms with van der Waals surface area (Å²) in [5, 5.41) is 3.78. The highest BCUT2D eigenvalue weighted by atomic mass is 32.2. The van der Waals surface area contributed by atoms with Crippen molar-refractivity contribution in [2.45, 2.75) is 18.7 Å². The number of aryl methyl sites for hydroxylation is 2. The Balaban J connectivity index is 1.18. The summed E-state index contributed by atoms with van der Waals surface area (Å²) in [6, 6.07) is 13.9. The van der Waals surface area contributed by atoms with Gasteiger partial charge < -0.3 is 10.2 Å². The van der Waals surface area contributed by atoms with Crippen LogP contribution in [0.3, 0.4) is 0 Å². The molecule has 5 rings (SSSR count). The Hall–Kier alpha value is -3.57. The molecule has 0 atom stereocenters. The second-order valence-electron chi connectivity index (χ2n) is 8.21. The van der Waals surface area contributed by atoms with Crippen molar-refractivity contribution < 1.29 is 13.2 Å². The number of anilines is 3. The SMILES string of the molecule is Cc1ccc2nc(N3CC(C(=O)Nc4ccc(S(=O)(=O)Nc5nccc(C)n5)cc4)C3)sc2c1. The number of benzene rings is 2. The molecular weight excluding hydrogens is 472 g/mol. The number of carbonyl (C=O) groups excluding carboxylic acids is 1. The molecular formula is C23H22N6O3S2. The molecule has 1 amide bonds. The number of thiazole rings is 1. The summed E-state index contributed by atoms with van der Waals surface area (Å²) < 4.78 is 28.6. The van der Waals surface area contributed by atoms with Crippen molar-refractivity contribution in [1.29, 1.82) is 0 Å². The van der Waals surface area contributed by atoms with Gasteiger partial charge in [0.05, 0.1) is 21.0 Å². The fraction of sp³-hybridized carbons (Fsp3) is 0.217. The van der Waals surface area contributed by atoms with Gasteiger partial charge >= 0.3 is 0 Å². The largest absolute Gasteiger partial charge is 0.346 e. The Kier molecular flexibility index (Phi) is 5.66. The van der Waals surface area contributed by atoms with E-state index < -0.39 is 10.0 Å². The van der Waals surface area contributed by atoms with Crippen LogP contribution >= 0.6 is 11.3 Å². The van der Waals surface area contributed by atoms with Crippen LogP contribution in [0.15, 0.2) is 59.6 Å². The monoisotopic (exact) mass is 494 g/mol. The fourth-order valence-electron chi connectivity index (χ4n) is 3.59. The lowest BCUT2D eigenvalue weighted by molar-refractivity contribution is -0.120. The van der Waals surface area contributed by atoms with Crippen molar-refractivity contribution in [3.8, 4) is 0 Å². The Morgan fingerprint density at radius 2 is 1.82 bits per heavy atom. The lowest BCUT2D eigenvalue weighted by atomic mass is 10.00. The van der Waals surface area contributed by atoms with Gasteiger partial charge in [-0.25, -0.2) is 28.1 Å². The molecule has 4 aromatic rings. The topological polar surface area (TPSA) is 117 Å². The minimum absolute atomic E-state index is 0.00942. The summed E-state index contributed by atoms with van der Waals surface area (Å²) in [6.07, 6.45) is 1.48. The Morgan fingerprint density at radius 1 is 1.06 bits per heavy atom. The summed E-state index contributed by atoms with van der Waals surface area (Å²) in [5.41, 5.74) is 3.35. The van der Waals surface area contributed by atoms with Crippen LogP contribution in [-0.2, 0) is 14.8 Å². The molecule has 0 bridgehead atoms. The molecule has 0 spiro atoms. The normalized spacial score (nSPS) is 14.1. The third kappa shape index (κ3) is 4.57. The smallest absolute Gasteiger partial charge is 0.264 e. The first kappa shape index (κ1) is 22.2. The molecule has 0 unspecified atom stereocenters. The first-order chi connectivity index (χ1) is 16.3. The van der Waals surface area contributed by atoms with E-state index in [0.717, 1.165) is 15.3 Å². The zero-order valence-electron chi connectivity index (χ0n) is 18.5. The molecule has 0 aliphatic carbocycles. The molecule has 0 radical (unpaired) electrons. The highest BCUT2D eigenvalue weighted by molar-refractivity contribution is 7.92. The second-order valence-corrected chi connectivity index (χ2v) is 10.9. The molecule has 34 heavy (non-hydrogen) atoms. The van der Waals surface area contributed by atoms with E-state index in [9.17, 15) is 13.2 Å². The molecule has 9 nitrogen and oxygen atoms in total. The number of aromatic nitrogens is 3. The van der Waals surface area contributed by atoms with Crippen LogP contribution < -0.4 is 14.9 Å². The number of hydrogen-bond donors (Lipinski definition) is 2. The van der Waals surface area contributed by atoms with E-state index in [1.807, 2.05) is 12.1 Å². The van der Waals surface area contributed by atoms with Crippen LogP contribution in [0.25, 0.3) is 10.2 Å². The number of amides is 1. The number of hydrogen-bond acceptors (Lipinski definition) is 8. The van der Waals surface area contributed by atoms with Crippen LogP contribution in [-0.4, -0.2) is 42.4 Å². The first-order valence-corrected chi connectivity index (χ1v) is 12.9. The second kappa shape index (κ2) is 8.65. The zero-order chi connectivity index (χ0) is 23.9. The fourth-order valence-corrected chi connectivity index (χ4v) is 5.63. The van der Waals surface area contributed by atoms with Crippen LogP contribution in [0, 0.1) is 19.8 Å². The van der Waals surface area contributed by atoms with Crippen molar-refractivity contribution in [2.24, 2.45) is 5.92 Å². The number of nitrogens with one attached hydrogen (secondary N) is 2. The first-order valence-electron chi connectivity index (χ1n) is 10.6. The Labute approximate surface area is 200 Å². The predicted octanol–water partition coefficient (Wildman–Crippen LogP) is 3.58. The molecule has 2 aromatic heterocycles. The van der Waals surface area contributed by atoms with Gasteiger partial charge in [0.25, 0.3) is 10.0 Å². The molecule has 3 heterocycles. The van der Waals surface area contributed by atoms with Crippen LogP contribution in [0.4, 0.5) is 16.8 Å². The van der Waals surface area contributed by atoms with Gasteiger partial charge in [0.15, 0.2) is 5.13 Å². The average Bonchev–Trinajstić information content (AvgIpc) is 3.15. The predicted molar refractivity (Wildman–Crippen MR) is 133 cm³/mol.